The van der Waals surface area contributed by atoms with Gasteiger partial charge in [-0.25, -0.2) is 8.42 Å². The molecule has 5 heteroatoms. The number of nitrogens with zero attached hydrogens (tertiary/aromatic N) is 1. The summed E-state index contributed by atoms with van der Waals surface area (Å²) in [6.45, 7) is 5.65. The van der Waals surface area contributed by atoms with Crippen LogP contribution in [0.2, 0.25) is 0 Å². The first-order chi connectivity index (χ1) is 9.50. The van der Waals surface area contributed by atoms with E-state index in [1.54, 1.807) is 16.4 Å². The molecule has 2 rings (SSSR count). The standard InChI is InChI=1S/C15H24N2O2S/c1-3-5-13-8-9-17(11-13)20(18,19)15-7-4-6-14(10-16)12(15)2/h4,6-7,13H,3,5,8-11,16H2,1-2H3. The minimum absolute atomic E-state index is 0.369. The lowest BCUT2D eigenvalue weighted by Crippen LogP contribution is -2.29. The summed E-state index contributed by atoms with van der Waals surface area (Å²) in [5.41, 5.74) is 7.35. The smallest absolute Gasteiger partial charge is 0.243 e. The van der Waals surface area contributed by atoms with E-state index in [0.29, 0.717) is 30.4 Å². The van der Waals surface area contributed by atoms with Gasteiger partial charge in [-0.05, 0) is 42.9 Å². The second-order valence-corrected chi connectivity index (χ2v) is 7.46. The minimum Gasteiger partial charge on any atom is -0.326 e. The molecule has 0 bridgehead atoms. The van der Waals surface area contributed by atoms with E-state index in [1.165, 1.54) is 0 Å². The summed E-state index contributed by atoms with van der Waals surface area (Å²) in [7, 11) is -3.38. The Hall–Kier alpha value is -0.910. The van der Waals surface area contributed by atoms with Crippen LogP contribution >= 0.6 is 0 Å². The molecular weight excluding hydrogens is 272 g/mol. The Bertz CT molecular complexity index is 569. The van der Waals surface area contributed by atoms with Crippen molar-refractivity contribution in [2.45, 2.75) is 44.6 Å². The lowest BCUT2D eigenvalue weighted by Gasteiger charge is -2.19. The molecule has 20 heavy (non-hydrogen) atoms. The van der Waals surface area contributed by atoms with Crippen LogP contribution in [0, 0.1) is 12.8 Å². The number of hydrogen-bond donors (Lipinski definition) is 1. The topological polar surface area (TPSA) is 63.4 Å². The molecule has 4 nitrogen and oxygen atoms in total. The van der Waals surface area contributed by atoms with Crippen LogP contribution in [0.1, 0.15) is 37.3 Å². The summed E-state index contributed by atoms with van der Waals surface area (Å²) < 4.78 is 27.2. The second kappa shape index (κ2) is 6.24. The maximum Gasteiger partial charge on any atom is 0.243 e. The van der Waals surface area contributed by atoms with Gasteiger partial charge in [-0.3, -0.25) is 0 Å². The molecule has 0 radical (unpaired) electrons. The van der Waals surface area contributed by atoms with Gasteiger partial charge in [0.15, 0.2) is 0 Å². The average molecular weight is 296 g/mol. The van der Waals surface area contributed by atoms with Gasteiger partial charge in [0.25, 0.3) is 0 Å². The van der Waals surface area contributed by atoms with E-state index in [9.17, 15) is 8.42 Å². The predicted molar refractivity (Wildman–Crippen MR) is 80.8 cm³/mol. The predicted octanol–water partition coefficient (Wildman–Crippen LogP) is 2.26. The molecule has 1 fully saturated rings. The molecule has 2 N–H and O–H groups in total. The monoisotopic (exact) mass is 296 g/mol. The maximum atomic E-state index is 12.8. The van der Waals surface area contributed by atoms with Crippen LogP contribution in [0.5, 0.6) is 0 Å². The molecule has 0 aromatic heterocycles. The third-order valence-electron chi connectivity index (χ3n) is 4.18. The highest BCUT2D eigenvalue weighted by atomic mass is 32.2. The highest BCUT2D eigenvalue weighted by molar-refractivity contribution is 7.89. The number of rotatable bonds is 5. The van der Waals surface area contributed by atoms with Crippen molar-refractivity contribution in [3.05, 3.63) is 29.3 Å². The van der Waals surface area contributed by atoms with E-state index in [1.807, 2.05) is 13.0 Å². The second-order valence-electron chi connectivity index (χ2n) is 5.55. The molecule has 0 aliphatic carbocycles. The lowest BCUT2D eigenvalue weighted by atomic mass is 10.0. The van der Waals surface area contributed by atoms with E-state index in [2.05, 4.69) is 6.92 Å². The Kier molecular flexibility index (Phi) is 4.83. The van der Waals surface area contributed by atoms with E-state index < -0.39 is 10.0 Å². The zero-order valence-electron chi connectivity index (χ0n) is 12.3. The fraction of sp³-hybridized carbons (Fsp3) is 0.600. The molecule has 1 aromatic carbocycles. The highest BCUT2D eigenvalue weighted by Gasteiger charge is 2.33. The Morgan fingerprint density at radius 1 is 1.40 bits per heavy atom. The molecule has 1 aliphatic rings. The molecule has 112 valence electrons. The van der Waals surface area contributed by atoms with Gasteiger partial charge in [0.1, 0.15) is 0 Å². The average Bonchev–Trinajstić information content (AvgIpc) is 2.88. The zero-order valence-corrected chi connectivity index (χ0v) is 13.1. The minimum atomic E-state index is -3.38. The van der Waals surface area contributed by atoms with Crippen LogP contribution in [0.3, 0.4) is 0 Å². The van der Waals surface area contributed by atoms with Gasteiger partial charge < -0.3 is 5.73 Å². The summed E-state index contributed by atoms with van der Waals surface area (Å²) in [6.07, 6.45) is 3.19. The van der Waals surface area contributed by atoms with E-state index in [4.69, 9.17) is 5.73 Å². The van der Waals surface area contributed by atoms with Crippen molar-refractivity contribution in [3.63, 3.8) is 0 Å². The van der Waals surface area contributed by atoms with Gasteiger partial charge in [-0.15, -0.1) is 0 Å². The van der Waals surface area contributed by atoms with Crippen molar-refractivity contribution >= 4 is 10.0 Å². The summed E-state index contributed by atoms with van der Waals surface area (Å²) in [6, 6.07) is 5.36. The van der Waals surface area contributed by atoms with Gasteiger partial charge in [0.2, 0.25) is 10.0 Å². The first-order valence-corrected chi connectivity index (χ1v) is 8.73. The number of benzene rings is 1. The number of sulfonamides is 1. The molecule has 1 aliphatic heterocycles. The summed E-state index contributed by atoms with van der Waals surface area (Å²) in [5, 5.41) is 0. The zero-order chi connectivity index (χ0) is 14.8. The molecule has 0 saturated carbocycles. The summed E-state index contributed by atoms with van der Waals surface area (Å²) in [4.78, 5) is 0.414. The van der Waals surface area contributed by atoms with Crippen LogP contribution in [-0.4, -0.2) is 25.8 Å². The lowest BCUT2D eigenvalue weighted by molar-refractivity contribution is 0.444. The molecule has 1 saturated heterocycles. The summed E-state index contributed by atoms with van der Waals surface area (Å²) in [5.74, 6) is 0.507. The van der Waals surface area contributed by atoms with Crippen molar-refractivity contribution < 1.29 is 8.42 Å². The van der Waals surface area contributed by atoms with Gasteiger partial charge >= 0.3 is 0 Å². The van der Waals surface area contributed by atoms with Crippen LogP contribution in [0.15, 0.2) is 23.1 Å². The molecule has 1 unspecified atom stereocenters. The molecule has 1 aromatic rings. The van der Waals surface area contributed by atoms with Crippen molar-refractivity contribution in [3.8, 4) is 0 Å². The molecule has 0 spiro atoms. The Balaban J connectivity index is 2.28. The number of hydrogen-bond acceptors (Lipinski definition) is 3. The van der Waals surface area contributed by atoms with Gasteiger partial charge in [-0.2, -0.15) is 4.31 Å². The first-order valence-electron chi connectivity index (χ1n) is 7.29. The van der Waals surface area contributed by atoms with Crippen LogP contribution in [0.25, 0.3) is 0 Å². The normalized spacial score (nSPS) is 20.4. The van der Waals surface area contributed by atoms with Crippen molar-refractivity contribution in [2.24, 2.45) is 11.7 Å². The van der Waals surface area contributed by atoms with Crippen molar-refractivity contribution in [1.82, 2.24) is 4.31 Å². The maximum absolute atomic E-state index is 12.8. The Morgan fingerprint density at radius 3 is 2.80 bits per heavy atom. The first kappa shape index (κ1) is 15.5. The molecular formula is C15H24N2O2S. The van der Waals surface area contributed by atoms with Crippen molar-refractivity contribution in [1.29, 1.82) is 0 Å². The third-order valence-corrected chi connectivity index (χ3v) is 6.19. The quantitative estimate of drug-likeness (QED) is 0.906. The third kappa shape index (κ3) is 2.90. The van der Waals surface area contributed by atoms with Crippen LogP contribution < -0.4 is 5.73 Å². The van der Waals surface area contributed by atoms with Gasteiger partial charge in [0, 0.05) is 19.6 Å². The van der Waals surface area contributed by atoms with E-state index >= 15 is 0 Å². The van der Waals surface area contributed by atoms with Gasteiger partial charge in [-0.1, -0.05) is 25.5 Å². The highest BCUT2D eigenvalue weighted by Crippen LogP contribution is 2.29. The van der Waals surface area contributed by atoms with Crippen LogP contribution in [-0.2, 0) is 16.6 Å². The van der Waals surface area contributed by atoms with E-state index in [-0.39, 0.29) is 0 Å². The fourth-order valence-electron chi connectivity index (χ4n) is 2.96. The SMILES string of the molecule is CCCC1CCN(S(=O)(=O)c2cccc(CN)c2C)C1. The Labute approximate surface area is 122 Å². The Morgan fingerprint density at radius 2 is 2.15 bits per heavy atom. The summed E-state index contributed by atoms with van der Waals surface area (Å²) >= 11 is 0. The van der Waals surface area contributed by atoms with Crippen LogP contribution in [0.4, 0.5) is 0 Å². The molecule has 1 heterocycles. The molecule has 0 amide bonds. The fourth-order valence-corrected chi connectivity index (χ4v) is 4.76. The molecule has 1 atom stereocenters. The van der Waals surface area contributed by atoms with Crippen molar-refractivity contribution in [2.75, 3.05) is 13.1 Å². The largest absolute Gasteiger partial charge is 0.326 e. The number of nitrogens with two attached hydrogens (primary N) is 1. The van der Waals surface area contributed by atoms with E-state index in [0.717, 1.165) is 30.4 Å². The van der Waals surface area contributed by atoms with Gasteiger partial charge in [0.05, 0.1) is 4.90 Å².